The van der Waals surface area contributed by atoms with E-state index in [1.165, 1.54) is 0 Å². The van der Waals surface area contributed by atoms with E-state index in [1.54, 1.807) is 6.26 Å². The molecule has 9 rings (SSSR count). The van der Waals surface area contributed by atoms with Crippen LogP contribution < -0.4 is 5.56 Å². The number of hydrogen-bond acceptors (Lipinski definition) is 6. The molecule has 3 heterocycles. The topological polar surface area (TPSA) is 87.7 Å². The van der Waals surface area contributed by atoms with Crippen molar-refractivity contribution in [1.82, 2.24) is 29.8 Å². The molecule has 8 aromatic rings. The van der Waals surface area contributed by atoms with Gasteiger partial charge < -0.3 is 4.74 Å². The van der Waals surface area contributed by atoms with Crippen LogP contribution in [0.15, 0.2) is 175 Å². The van der Waals surface area contributed by atoms with Gasteiger partial charge in [-0.05, 0) is 74.0 Å². The van der Waals surface area contributed by atoms with Crippen LogP contribution in [-0.4, -0.2) is 29.8 Å². The lowest BCUT2D eigenvalue weighted by Crippen LogP contribution is -2.39. The van der Waals surface area contributed by atoms with E-state index >= 15 is 0 Å². The van der Waals surface area contributed by atoms with Gasteiger partial charge in [-0.1, -0.05) is 159 Å². The van der Waals surface area contributed by atoms with Crippen molar-refractivity contribution in [2.24, 2.45) is 0 Å². The first-order chi connectivity index (χ1) is 28.1. The summed E-state index contributed by atoms with van der Waals surface area (Å²) in [5, 5.41) is 14.5. The molecular formula is C49H42N6O2. The second-order valence-corrected chi connectivity index (χ2v) is 14.5. The highest BCUT2D eigenvalue weighted by atomic mass is 16.5. The lowest BCUT2D eigenvalue weighted by atomic mass is 9.77. The molecule has 6 aromatic carbocycles. The minimum atomic E-state index is -0.877. The van der Waals surface area contributed by atoms with Crippen LogP contribution in [0.25, 0.3) is 33.4 Å². The molecule has 0 radical (unpaired) electrons. The van der Waals surface area contributed by atoms with Gasteiger partial charge in [0.1, 0.15) is 17.5 Å². The Morgan fingerprint density at radius 1 is 0.737 bits per heavy atom. The number of ether oxygens (including phenoxy) is 1. The molecule has 1 atom stereocenters. The molecular weight excluding hydrogens is 705 g/mol. The molecule has 57 heavy (non-hydrogen) atoms. The van der Waals surface area contributed by atoms with E-state index < -0.39 is 5.54 Å². The summed E-state index contributed by atoms with van der Waals surface area (Å²) in [5.74, 6) is 1.44. The van der Waals surface area contributed by atoms with Gasteiger partial charge in [0.15, 0.2) is 5.82 Å². The van der Waals surface area contributed by atoms with Crippen LogP contribution in [0.5, 0.6) is 0 Å². The SMILES string of the molecule is CCCCc1nc2ccc(C3CC=CO3)cc2c(=O)n1Cc1ccc(-c2ccccc2-c2nnnn2C(c2ccccc2)(c2ccccc2)c2ccccc2)cc1. The zero-order chi connectivity index (χ0) is 38.6. The van der Waals surface area contributed by atoms with Gasteiger partial charge in [-0.25, -0.2) is 9.67 Å². The van der Waals surface area contributed by atoms with E-state index in [4.69, 9.17) is 20.0 Å². The van der Waals surface area contributed by atoms with Crippen LogP contribution in [0.2, 0.25) is 0 Å². The number of aryl methyl sites for hydroxylation is 1. The van der Waals surface area contributed by atoms with Gasteiger partial charge in [0.25, 0.3) is 5.56 Å². The quantitative estimate of drug-likeness (QED) is 0.116. The fourth-order valence-electron chi connectivity index (χ4n) is 8.16. The average Bonchev–Trinajstić information content (AvgIpc) is 4.00. The molecule has 8 nitrogen and oxygen atoms in total. The molecule has 1 aliphatic heterocycles. The third-order valence-electron chi connectivity index (χ3n) is 11.0. The van der Waals surface area contributed by atoms with Gasteiger partial charge >= 0.3 is 0 Å². The van der Waals surface area contributed by atoms with Crippen molar-refractivity contribution in [3.8, 4) is 22.5 Å². The number of tetrazole rings is 1. The molecule has 0 saturated carbocycles. The molecule has 0 N–H and O–H groups in total. The molecule has 1 unspecified atom stereocenters. The predicted molar refractivity (Wildman–Crippen MR) is 225 cm³/mol. The van der Waals surface area contributed by atoms with Crippen molar-refractivity contribution in [1.29, 1.82) is 0 Å². The number of rotatable bonds is 12. The highest BCUT2D eigenvalue weighted by Crippen LogP contribution is 2.43. The Morgan fingerprint density at radius 3 is 1.98 bits per heavy atom. The van der Waals surface area contributed by atoms with E-state index in [-0.39, 0.29) is 11.7 Å². The summed E-state index contributed by atoms with van der Waals surface area (Å²) < 4.78 is 9.59. The number of fused-ring (bicyclic) bond motifs is 1. The number of benzene rings is 6. The largest absolute Gasteiger partial charge is 0.493 e. The predicted octanol–water partition coefficient (Wildman–Crippen LogP) is 9.92. The van der Waals surface area contributed by atoms with E-state index in [2.05, 4.69) is 121 Å². The highest BCUT2D eigenvalue weighted by molar-refractivity contribution is 5.81. The van der Waals surface area contributed by atoms with E-state index in [0.29, 0.717) is 17.8 Å². The summed E-state index contributed by atoms with van der Waals surface area (Å²) in [7, 11) is 0. The van der Waals surface area contributed by atoms with E-state index in [9.17, 15) is 4.79 Å². The molecule has 280 valence electrons. The standard InChI is InChI=1S/C49H42N6O2/c1-2-3-25-46-50-44-31-30-37(45-24-15-32-57-45)33-43(44)48(56)54(46)34-35-26-28-36(29-27-35)41-22-13-14-23-42(41)47-51-52-53-55(47)49(38-16-7-4-8-17-38,39-18-9-5-10-19-39)40-20-11-6-12-21-40/h4-23,26-33,45H,2-3,24-25,34H2,1H3. The van der Waals surface area contributed by atoms with Crippen LogP contribution >= 0.6 is 0 Å². The Balaban J connectivity index is 1.12. The molecule has 2 aromatic heterocycles. The minimum absolute atomic E-state index is 0.0288. The van der Waals surface area contributed by atoms with Crippen LogP contribution in [0.4, 0.5) is 0 Å². The zero-order valence-electron chi connectivity index (χ0n) is 31.8. The van der Waals surface area contributed by atoms with Crippen LogP contribution in [0, 0.1) is 0 Å². The van der Waals surface area contributed by atoms with Gasteiger partial charge in [-0.2, -0.15) is 0 Å². The summed E-state index contributed by atoms with van der Waals surface area (Å²) in [6.07, 6.45) is 7.16. The second kappa shape index (κ2) is 15.7. The maximum atomic E-state index is 14.2. The summed E-state index contributed by atoms with van der Waals surface area (Å²) in [5.41, 5.74) is 7.83. The molecule has 0 saturated heterocycles. The fraction of sp³-hybridized carbons (Fsp3) is 0.163. The number of unbranched alkanes of at least 4 members (excludes halogenated alkanes) is 1. The summed E-state index contributed by atoms with van der Waals surface area (Å²) >= 11 is 0. The number of hydrogen-bond donors (Lipinski definition) is 0. The number of aromatic nitrogens is 6. The van der Waals surface area contributed by atoms with Crippen LogP contribution in [0.1, 0.15) is 65.9 Å². The van der Waals surface area contributed by atoms with E-state index in [1.807, 2.05) is 63.9 Å². The zero-order valence-corrected chi connectivity index (χ0v) is 31.8. The third-order valence-corrected chi connectivity index (χ3v) is 11.0. The first-order valence-electron chi connectivity index (χ1n) is 19.6. The highest BCUT2D eigenvalue weighted by Gasteiger charge is 2.42. The monoisotopic (exact) mass is 746 g/mol. The molecule has 0 amide bonds. The van der Waals surface area contributed by atoms with Crippen molar-refractivity contribution in [2.75, 3.05) is 0 Å². The summed E-state index contributed by atoms with van der Waals surface area (Å²) in [6.45, 7) is 2.58. The Labute approximate surface area is 331 Å². The molecule has 0 spiro atoms. The smallest absolute Gasteiger partial charge is 0.261 e. The Hall–Kier alpha value is -6.93. The first kappa shape index (κ1) is 35.8. The van der Waals surface area contributed by atoms with E-state index in [0.717, 1.165) is 81.5 Å². The Bertz CT molecular complexity index is 2620. The first-order valence-corrected chi connectivity index (χ1v) is 19.6. The van der Waals surface area contributed by atoms with Crippen molar-refractivity contribution in [3.05, 3.63) is 214 Å². The Kier molecular flexibility index (Phi) is 9.83. The van der Waals surface area contributed by atoms with Crippen LogP contribution in [0.3, 0.4) is 0 Å². The molecule has 0 bridgehead atoms. The molecule has 0 fully saturated rings. The molecule has 1 aliphatic rings. The van der Waals surface area contributed by atoms with Gasteiger partial charge in [-0.3, -0.25) is 9.36 Å². The lowest BCUT2D eigenvalue weighted by molar-refractivity contribution is 0.173. The van der Waals surface area contributed by atoms with Gasteiger partial charge in [0.05, 0.1) is 23.7 Å². The third kappa shape index (κ3) is 6.63. The van der Waals surface area contributed by atoms with Gasteiger partial charge in [-0.15, -0.1) is 5.10 Å². The van der Waals surface area contributed by atoms with Crippen molar-refractivity contribution < 1.29 is 4.74 Å². The molecule has 0 aliphatic carbocycles. The van der Waals surface area contributed by atoms with Crippen molar-refractivity contribution >= 4 is 10.9 Å². The van der Waals surface area contributed by atoms with Crippen molar-refractivity contribution in [2.45, 2.75) is 50.8 Å². The maximum Gasteiger partial charge on any atom is 0.261 e. The van der Waals surface area contributed by atoms with Gasteiger partial charge in [0.2, 0.25) is 0 Å². The van der Waals surface area contributed by atoms with Gasteiger partial charge in [0, 0.05) is 18.4 Å². The summed E-state index contributed by atoms with van der Waals surface area (Å²) in [6, 6.07) is 53.9. The minimum Gasteiger partial charge on any atom is -0.493 e. The summed E-state index contributed by atoms with van der Waals surface area (Å²) in [4.78, 5) is 19.2. The molecule has 8 heteroatoms. The van der Waals surface area contributed by atoms with Crippen LogP contribution in [-0.2, 0) is 23.2 Å². The fourth-order valence-corrected chi connectivity index (χ4v) is 8.16. The lowest BCUT2D eigenvalue weighted by Gasteiger charge is -2.36. The average molecular weight is 747 g/mol. The van der Waals surface area contributed by atoms with Crippen molar-refractivity contribution in [3.63, 3.8) is 0 Å². The second-order valence-electron chi connectivity index (χ2n) is 14.5. The maximum absolute atomic E-state index is 14.2. The Morgan fingerprint density at radius 2 is 1.37 bits per heavy atom. The normalized spacial score (nSPS) is 13.9. The number of nitrogens with zero attached hydrogens (tertiary/aromatic N) is 6.